The molecule has 3 atom stereocenters. The number of rotatable bonds is 4. The van der Waals surface area contributed by atoms with Gasteiger partial charge in [-0.1, -0.05) is 0 Å². The maximum atomic E-state index is 8.97. The number of hydrogen-bond donors (Lipinski definition) is 2. The van der Waals surface area contributed by atoms with Gasteiger partial charge in [-0.3, -0.25) is 0 Å². The summed E-state index contributed by atoms with van der Waals surface area (Å²) in [7, 11) is 0. The predicted molar refractivity (Wildman–Crippen MR) is 45.8 cm³/mol. The molecule has 1 heterocycles. The lowest BCUT2D eigenvalue weighted by atomic mass is 9.95. The Kier molecular flexibility index (Phi) is 3.98. The van der Waals surface area contributed by atoms with Crippen LogP contribution in [0.4, 0.5) is 0 Å². The lowest BCUT2D eigenvalue weighted by molar-refractivity contribution is 0.00494. The molecule has 0 aromatic rings. The molecular weight excluding hydrogens is 156 g/mol. The van der Waals surface area contributed by atoms with Gasteiger partial charge in [0.25, 0.3) is 0 Å². The van der Waals surface area contributed by atoms with Gasteiger partial charge in [-0.05, 0) is 32.1 Å². The van der Waals surface area contributed by atoms with Crippen LogP contribution in [0.3, 0.4) is 0 Å². The molecule has 3 heteroatoms. The minimum Gasteiger partial charge on any atom is -0.396 e. The number of aliphatic hydroxyl groups excluding tert-OH is 2. The quantitative estimate of drug-likeness (QED) is 0.654. The van der Waals surface area contributed by atoms with Crippen molar-refractivity contribution in [1.82, 2.24) is 0 Å². The molecule has 0 aromatic heterocycles. The van der Waals surface area contributed by atoms with Crippen molar-refractivity contribution in [3.63, 3.8) is 0 Å². The molecule has 1 fully saturated rings. The van der Waals surface area contributed by atoms with E-state index in [2.05, 4.69) is 0 Å². The molecule has 1 rings (SSSR count). The molecule has 1 aliphatic heterocycles. The smallest absolute Gasteiger partial charge is 0.0838 e. The molecule has 0 amide bonds. The molecule has 0 radical (unpaired) electrons. The fraction of sp³-hybridized carbons (Fsp3) is 1.00. The highest BCUT2D eigenvalue weighted by atomic mass is 16.5. The highest BCUT2D eigenvalue weighted by Crippen LogP contribution is 2.29. The van der Waals surface area contributed by atoms with Gasteiger partial charge in [0.15, 0.2) is 0 Å². The molecule has 0 spiro atoms. The van der Waals surface area contributed by atoms with E-state index in [4.69, 9.17) is 14.9 Å². The second-order valence-electron chi connectivity index (χ2n) is 3.53. The molecule has 0 aromatic carbocycles. The summed E-state index contributed by atoms with van der Waals surface area (Å²) in [5, 5.41) is 17.6. The van der Waals surface area contributed by atoms with Crippen LogP contribution < -0.4 is 0 Å². The van der Waals surface area contributed by atoms with E-state index in [1.165, 1.54) is 0 Å². The summed E-state index contributed by atoms with van der Waals surface area (Å²) in [5.41, 5.74) is 0. The van der Waals surface area contributed by atoms with Crippen molar-refractivity contribution < 1.29 is 14.9 Å². The van der Waals surface area contributed by atoms with Gasteiger partial charge in [-0.25, -0.2) is 0 Å². The summed E-state index contributed by atoms with van der Waals surface area (Å²) in [4.78, 5) is 0. The zero-order valence-corrected chi connectivity index (χ0v) is 7.57. The largest absolute Gasteiger partial charge is 0.396 e. The van der Waals surface area contributed by atoms with Crippen LogP contribution in [-0.2, 0) is 4.74 Å². The van der Waals surface area contributed by atoms with Crippen molar-refractivity contribution in [2.24, 2.45) is 5.92 Å². The third-order valence-electron chi connectivity index (χ3n) is 2.48. The fourth-order valence-corrected chi connectivity index (χ4v) is 1.89. The molecular formula is C9H18O3. The first kappa shape index (κ1) is 9.96. The van der Waals surface area contributed by atoms with E-state index in [-0.39, 0.29) is 25.4 Å². The van der Waals surface area contributed by atoms with Crippen molar-refractivity contribution in [1.29, 1.82) is 0 Å². The fourth-order valence-electron chi connectivity index (χ4n) is 1.89. The van der Waals surface area contributed by atoms with Gasteiger partial charge < -0.3 is 14.9 Å². The lowest BCUT2D eigenvalue weighted by Gasteiger charge is -2.14. The summed E-state index contributed by atoms with van der Waals surface area (Å²) in [6.45, 7) is 2.38. The van der Waals surface area contributed by atoms with Crippen molar-refractivity contribution in [3.05, 3.63) is 0 Å². The molecule has 0 saturated carbocycles. The Hall–Kier alpha value is -0.120. The topological polar surface area (TPSA) is 49.7 Å². The second kappa shape index (κ2) is 4.80. The lowest BCUT2D eigenvalue weighted by Crippen LogP contribution is -2.20. The normalized spacial score (nSPS) is 35.8. The van der Waals surface area contributed by atoms with Crippen molar-refractivity contribution in [3.8, 4) is 0 Å². The van der Waals surface area contributed by atoms with Gasteiger partial charge in [0.2, 0.25) is 0 Å². The molecule has 3 nitrogen and oxygen atoms in total. The summed E-state index contributed by atoms with van der Waals surface area (Å²) in [6, 6.07) is 0. The van der Waals surface area contributed by atoms with Crippen LogP contribution in [0.2, 0.25) is 0 Å². The van der Waals surface area contributed by atoms with Crippen LogP contribution >= 0.6 is 0 Å². The number of hydrogen-bond acceptors (Lipinski definition) is 3. The van der Waals surface area contributed by atoms with Crippen LogP contribution in [0.1, 0.15) is 26.2 Å². The highest BCUT2D eigenvalue weighted by molar-refractivity contribution is 4.79. The zero-order chi connectivity index (χ0) is 8.97. The summed E-state index contributed by atoms with van der Waals surface area (Å²) in [6.07, 6.45) is 3.08. The van der Waals surface area contributed by atoms with E-state index in [1.807, 2.05) is 6.92 Å². The van der Waals surface area contributed by atoms with E-state index in [1.54, 1.807) is 0 Å². The van der Waals surface area contributed by atoms with E-state index >= 15 is 0 Å². The summed E-state index contributed by atoms with van der Waals surface area (Å²) in [5.74, 6) is 0.442. The first-order valence-corrected chi connectivity index (χ1v) is 4.65. The SMILES string of the molecule is C[C@H]1C[C@@H](CCCO)[C@@H](CO)O1. The predicted octanol–water partition coefficient (Wildman–Crippen LogP) is 0.545. The summed E-state index contributed by atoms with van der Waals surface area (Å²) < 4.78 is 5.49. The van der Waals surface area contributed by atoms with Crippen LogP contribution in [-0.4, -0.2) is 35.6 Å². The molecule has 1 saturated heterocycles. The van der Waals surface area contributed by atoms with Gasteiger partial charge in [-0.15, -0.1) is 0 Å². The van der Waals surface area contributed by atoms with Crippen molar-refractivity contribution in [2.45, 2.75) is 38.4 Å². The van der Waals surface area contributed by atoms with Crippen molar-refractivity contribution >= 4 is 0 Å². The minimum absolute atomic E-state index is 0.00606. The van der Waals surface area contributed by atoms with Gasteiger partial charge in [0.05, 0.1) is 18.8 Å². The Morgan fingerprint density at radius 3 is 2.75 bits per heavy atom. The Labute approximate surface area is 73.4 Å². The van der Waals surface area contributed by atoms with Crippen LogP contribution in [0.25, 0.3) is 0 Å². The average Bonchev–Trinajstić information content (AvgIpc) is 2.42. The number of ether oxygens (including phenoxy) is 1. The molecule has 1 aliphatic rings. The Morgan fingerprint density at radius 2 is 2.17 bits per heavy atom. The van der Waals surface area contributed by atoms with E-state index < -0.39 is 0 Å². The molecule has 0 bridgehead atoms. The van der Waals surface area contributed by atoms with Gasteiger partial charge in [0, 0.05) is 6.61 Å². The third kappa shape index (κ3) is 2.44. The van der Waals surface area contributed by atoms with Gasteiger partial charge >= 0.3 is 0 Å². The molecule has 72 valence electrons. The van der Waals surface area contributed by atoms with E-state index in [9.17, 15) is 0 Å². The Morgan fingerprint density at radius 1 is 1.42 bits per heavy atom. The average molecular weight is 174 g/mol. The monoisotopic (exact) mass is 174 g/mol. The van der Waals surface area contributed by atoms with Crippen molar-refractivity contribution in [2.75, 3.05) is 13.2 Å². The molecule has 12 heavy (non-hydrogen) atoms. The van der Waals surface area contributed by atoms with Gasteiger partial charge in [0.1, 0.15) is 0 Å². The van der Waals surface area contributed by atoms with Crippen LogP contribution in [0.5, 0.6) is 0 Å². The maximum Gasteiger partial charge on any atom is 0.0838 e. The molecule has 2 N–H and O–H groups in total. The third-order valence-corrected chi connectivity index (χ3v) is 2.48. The Balaban J connectivity index is 2.30. The van der Waals surface area contributed by atoms with Gasteiger partial charge in [-0.2, -0.15) is 0 Å². The van der Waals surface area contributed by atoms with Crippen LogP contribution in [0, 0.1) is 5.92 Å². The van der Waals surface area contributed by atoms with E-state index in [0.29, 0.717) is 5.92 Å². The molecule has 0 unspecified atom stereocenters. The first-order chi connectivity index (χ1) is 5.77. The standard InChI is InChI=1S/C9H18O3/c1-7-5-8(3-2-4-10)9(6-11)12-7/h7-11H,2-6H2,1H3/t7-,8+,9+/m0/s1. The minimum atomic E-state index is 0.00606. The second-order valence-corrected chi connectivity index (χ2v) is 3.53. The highest BCUT2D eigenvalue weighted by Gasteiger charge is 2.31. The van der Waals surface area contributed by atoms with E-state index in [0.717, 1.165) is 19.3 Å². The zero-order valence-electron chi connectivity index (χ0n) is 7.57. The summed E-state index contributed by atoms with van der Waals surface area (Å²) >= 11 is 0. The molecule has 0 aliphatic carbocycles. The number of aliphatic hydroxyl groups is 2. The maximum absolute atomic E-state index is 8.97. The van der Waals surface area contributed by atoms with Crippen LogP contribution in [0.15, 0.2) is 0 Å². The first-order valence-electron chi connectivity index (χ1n) is 4.65. The Bertz CT molecular complexity index is 127.